The van der Waals surface area contributed by atoms with Gasteiger partial charge in [0.1, 0.15) is 0 Å². The van der Waals surface area contributed by atoms with Gasteiger partial charge in [0.15, 0.2) is 0 Å². The normalized spacial score (nSPS) is 10.7. The predicted molar refractivity (Wildman–Crippen MR) is 115 cm³/mol. The Kier molecular flexibility index (Phi) is 11.4. The first-order valence-corrected chi connectivity index (χ1v) is 15.1. The fraction of sp³-hybridized carbons (Fsp3) is 0.381. The molecule has 0 bridgehead atoms. The van der Waals surface area contributed by atoms with Gasteiger partial charge in [0.05, 0.1) is 12.3 Å². The Bertz CT molecular complexity index is 560. The molecule has 0 spiro atoms. The monoisotopic (exact) mass is 394 g/mol. The molecular formula is C21H32O3P2. The summed E-state index contributed by atoms with van der Waals surface area (Å²) in [7, 11) is -1.28. The lowest BCUT2D eigenvalue weighted by molar-refractivity contribution is -0.415. The Labute approximate surface area is 160 Å². The van der Waals surface area contributed by atoms with Gasteiger partial charge in [-0.2, -0.15) is 0 Å². The molecule has 2 aromatic rings. The molecule has 2 rings (SSSR count). The lowest BCUT2D eigenvalue weighted by Crippen LogP contribution is -2.37. The van der Waals surface area contributed by atoms with Crippen LogP contribution in [-0.2, 0) is 12.3 Å². The lowest BCUT2D eigenvalue weighted by Gasteiger charge is -2.10. The van der Waals surface area contributed by atoms with Crippen LogP contribution >= 0.6 is 14.5 Å². The SMILES string of the molecule is C[P+](C)(C)Cc1ccccc1.C[P+](C)(C)Cc1ccccc1.O=C([O-])[O-]. The molecule has 0 radical (unpaired) electrons. The van der Waals surface area contributed by atoms with Gasteiger partial charge >= 0.3 is 0 Å². The first-order chi connectivity index (χ1) is 11.9. The van der Waals surface area contributed by atoms with Crippen molar-refractivity contribution in [3.8, 4) is 0 Å². The second-order valence-corrected chi connectivity index (χ2v) is 17.9. The van der Waals surface area contributed by atoms with E-state index >= 15 is 0 Å². The summed E-state index contributed by atoms with van der Waals surface area (Å²) in [5.74, 6) is 0. The number of carbonyl (C=O) groups excluding carboxylic acids is 1. The van der Waals surface area contributed by atoms with Crippen molar-refractivity contribution < 1.29 is 15.0 Å². The van der Waals surface area contributed by atoms with E-state index in [9.17, 15) is 0 Å². The molecule has 26 heavy (non-hydrogen) atoms. The first kappa shape index (κ1) is 24.6. The lowest BCUT2D eigenvalue weighted by atomic mass is 10.2. The second-order valence-electron chi connectivity index (χ2n) is 8.12. The summed E-state index contributed by atoms with van der Waals surface area (Å²) in [6.07, 6.45) is 0.210. The van der Waals surface area contributed by atoms with Crippen LogP contribution in [0.5, 0.6) is 0 Å². The van der Waals surface area contributed by atoms with Gasteiger partial charge in [0.25, 0.3) is 0 Å². The van der Waals surface area contributed by atoms with Crippen LogP contribution in [0.15, 0.2) is 60.7 Å². The molecule has 0 aliphatic heterocycles. The van der Waals surface area contributed by atoms with Crippen LogP contribution in [0.25, 0.3) is 0 Å². The van der Waals surface area contributed by atoms with Gasteiger partial charge in [-0.3, -0.25) is 0 Å². The molecule has 2 aromatic carbocycles. The number of hydrogen-bond acceptors (Lipinski definition) is 3. The fourth-order valence-corrected chi connectivity index (χ4v) is 4.87. The maximum absolute atomic E-state index is 8.33. The van der Waals surface area contributed by atoms with E-state index in [1.54, 1.807) is 0 Å². The summed E-state index contributed by atoms with van der Waals surface area (Å²) in [5.41, 5.74) is 2.96. The van der Waals surface area contributed by atoms with E-state index in [0.717, 1.165) is 0 Å². The van der Waals surface area contributed by atoms with Gasteiger partial charge in [-0.05, 0) is 17.3 Å². The molecule has 0 N–H and O–H groups in total. The summed E-state index contributed by atoms with van der Waals surface area (Å²) >= 11 is 0. The first-order valence-electron chi connectivity index (χ1n) is 8.46. The smallest absolute Gasteiger partial charge is 0.0834 e. The van der Waals surface area contributed by atoms with Crippen LogP contribution < -0.4 is 10.2 Å². The number of carboxylic acid groups (broad SMARTS) is 2. The van der Waals surface area contributed by atoms with Gasteiger partial charge in [-0.15, -0.1) is 0 Å². The Morgan fingerprint density at radius 1 is 0.654 bits per heavy atom. The molecule has 144 valence electrons. The highest BCUT2D eigenvalue weighted by Gasteiger charge is 2.17. The molecule has 0 aliphatic carbocycles. The Morgan fingerprint density at radius 3 is 1.08 bits per heavy atom. The number of rotatable bonds is 4. The highest BCUT2D eigenvalue weighted by atomic mass is 31.2. The molecule has 0 heterocycles. The predicted octanol–water partition coefficient (Wildman–Crippen LogP) is 3.74. The zero-order chi connectivity index (χ0) is 20.2. The number of carbonyl (C=O) groups is 1. The molecule has 0 aliphatic rings. The van der Waals surface area contributed by atoms with E-state index in [-0.39, 0.29) is 0 Å². The Hall–Kier alpha value is -1.43. The summed E-state index contributed by atoms with van der Waals surface area (Å²) in [4.78, 5) is 8.33. The van der Waals surface area contributed by atoms with Gasteiger partial charge in [0, 0.05) is 54.5 Å². The van der Waals surface area contributed by atoms with Crippen molar-refractivity contribution in [1.82, 2.24) is 0 Å². The van der Waals surface area contributed by atoms with Crippen molar-refractivity contribution in [2.45, 2.75) is 12.3 Å². The quantitative estimate of drug-likeness (QED) is 0.742. The van der Waals surface area contributed by atoms with Gasteiger partial charge in [-0.1, -0.05) is 60.7 Å². The van der Waals surface area contributed by atoms with Crippen LogP contribution in [0.4, 0.5) is 4.79 Å². The van der Waals surface area contributed by atoms with E-state index < -0.39 is 20.7 Å². The van der Waals surface area contributed by atoms with Crippen molar-refractivity contribution >= 4 is 20.7 Å². The average Bonchev–Trinajstić information content (AvgIpc) is 2.46. The largest absolute Gasteiger partial charge is 0.652 e. The van der Waals surface area contributed by atoms with Crippen molar-refractivity contribution in [2.24, 2.45) is 0 Å². The van der Waals surface area contributed by atoms with E-state index in [4.69, 9.17) is 15.0 Å². The molecule has 0 fully saturated rings. The molecule has 0 saturated heterocycles. The van der Waals surface area contributed by atoms with Crippen molar-refractivity contribution in [3.05, 3.63) is 71.8 Å². The standard InChI is InChI=1S/2C10H16P.CH2O3/c2*1-11(2,3)9-10-7-5-4-6-8-10;2-1(3)4/h2*4-8H,9H2,1-3H3;(H2,2,3,4)/q2*+1;/p-2. The molecule has 5 heteroatoms. The van der Waals surface area contributed by atoms with Crippen LogP contribution in [-0.4, -0.2) is 46.1 Å². The molecule has 0 saturated carbocycles. The second kappa shape index (κ2) is 12.0. The molecule has 0 aromatic heterocycles. The minimum Gasteiger partial charge on any atom is -0.652 e. The summed E-state index contributed by atoms with van der Waals surface area (Å²) < 4.78 is 0. The highest BCUT2D eigenvalue weighted by molar-refractivity contribution is 7.73. The molecule has 0 atom stereocenters. The third kappa shape index (κ3) is 17.4. The van der Waals surface area contributed by atoms with Crippen LogP contribution in [0.3, 0.4) is 0 Å². The van der Waals surface area contributed by atoms with Crippen molar-refractivity contribution in [3.63, 3.8) is 0 Å². The minimum absolute atomic E-state index is 0.638. The number of benzene rings is 2. The summed E-state index contributed by atoms with van der Waals surface area (Å²) in [5, 5.41) is 16.7. The summed E-state index contributed by atoms with van der Waals surface area (Å²) in [6.45, 7) is 14.2. The van der Waals surface area contributed by atoms with E-state index in [1.807, 2.05) is 0 Å². The Morgan fingerprint density at radius 2 is 0.885 bits per heavy atom. The maximum Gasteiger partial charge on any atom is 0.0834 e. The van der Waals surface area contributed by atoms with Gasteiger partial charge in [0.2, 0.25) is 0 Å². The zero-order valence-corrected chi connectivity index (χ0v) is 18.6. The van der Waals surface area contributed by atoms with Crippen LogP contribution in [0, 0.1) is 0 Å². The zero-order valence-electron chi connectivity index (χ0n) is 16.8. The van der Waals surface area contributed by atoms with Gasteiger partial charge in [-0.25, -0.2) is 0 Å². The van der Waals surface area contributed by atoms with Crippen molar-refractivity contribution in [1.29, 1.82) is 0 Å². The van der Waals surface area contributed by atoms with Crippen LogP contribution in [0.2, 0.25) is 0 Å². The van der Waals surface area contributed by atoms with E-state index in [1.165, 1.54) is 23.5 Å². The minimum atomic E-state index is -2.33. The number of hydrogen-bond donors (Lipinski definition) is 0. The van der Waals surface area contributed by atoms with Gasteiger partial charge < -0.3 is 15.0 Å². The fourth-order valence-electron chi connectivity index (χ4n) is 2.26. The topological polar surface area (TPSA) is 63.2 Å². The maximum atomic E-state index is 8.33. The average molecular weight is 394 g/mol. The third-order valence-electron chi connectivity index (χ3n) is 3.00. The van der Waals surface area contributed by atoms with E-state index in [0.29, 0.717) is 0 Å². The molecule has 0 amide bonds. The molecule has 0 unspecified atom stereocenters. The third-order valence-corrected chi connectivity index (χ3v) is 5.63. The Balaban J connectivity index is 0.000000401. The molecular weight excluding hydrogens is 362 g/mol. The summed E-state index contributed by atoms with van der Waals surface area (Å²) in [6, 6.07) is 21.5. The highest BCUT2D eigenvalue weighted by Crippen LogP contribution is 2.50. The van der Waals surface area contributed by atoms with Crippen LogP contribution in [0.1, 0.15) is 11.1 Å². The van der Waals surface area contributed by atoms with E-state index in [2.05, 4.69) is 101 Å². The molecule has 3 nitrogen and oxygen atoms in total. The van der Waals surface area contributed by atoms with Crippen molar-refractivity contribution in [2.75, 3.05) is 40.0 Å².